The van der Waals surface area contributed by atoms with Crippen LogP contribution in [-0.2, 0) is 14.4 Å². The number of hydrazone groups is 1. The van der Waals surface area contributed by atoms with E-state index in [1.807, 2.05) is 18.2 Å². The van der Waals surface area contributed by atoms with Gasteiger partial charge in [-0.25, -0.2) is 5.01 Å². The molecule has 8 nitrogen and oxygen atoms in total. The number of carbonyl (C=O) groups excluding carboxylic acids is 3. The number of amides is 2. The predicted octanol–water partition coefficient (Wildman–Crippen LogP) is 7.56. The van der Waals surface area contributed by atoms with Crippen molar-refractivity contribution in [1.29, 1.82) is 0 Å². The summed E-state index contributed by atoms with van der Waals surface area (Å²) < 4.78 is 0. The van der Waals surface area contributed by atoms with Gasteiger partial charge < -0.3 is 15.3 Å². The lowest BCUT2D eigenvalue weighted by atomic mass is 9.77. The first-order valence-electron chi connectivity index (χ1n) is 17.6. The van der Waals surface area contributed by atoms with Gasteiger partial charge in [0.05, 0.1) is 34.2 Å². The van der Waals surface area contributed by atoms with Gasteiger partial charge in [0.1, 0.15) is 5.76 Å². The third-order valence-electron chi connectivity index (χ3n) is 11.1. The molecular weight excluding hydrogens is 564 g/mol. The number of hydrogen-bond donors (Lipinski definition) is 2. The summed E-state index contributed by atoms with van der Waals surface area (Å²) in [4.78, 5) is 43.3. The smallest absolute Gasteiger partial charge is 0.277 e. The third-order valence-corrected chi connectivity index (χ3v) is 11.1. The molecule has 0 aromatic heterocycles. The fraction of sp³-hybridized carbons (Fsp3) is 0.622. The minimum atomic E-state index is -0.371. The zero-order chi connectivity index (χ0) is 31.7. The van der Waals surface area contributed by atoms with E-state index >= 15 is 0 Å². The Morgan fingerprint density at radius 2 is 1.51 bits per heavy atom. The van der Waals surface area contributed by atoms with Crippen molar-refractivity contribution in [1.82, 2.24) is 5.01 Å². The Labute approximate surface area is 268 Å². The molecule has 3 fully saturated rings. The number of benzene rings is 1. The number of allylic oxidation sites excluding steroid dienone is 2. The molecule has 1 aliphatic heterocycles. The van der Waals surface area contributed by atoms with Crippen LogP contribution in [0.1, 0.15) is 116 Å². The van der Waals surface area contributed by atoms with Crippen molar-refractivity contribution in [3.63, 3.8) is 0 Å². The number of anilines is 2. The zero-order valence-electron chi connectivity index (χ0n) is 27.4. The van der Waals surface area contributed by atoms with Gasteiger partial charge in [-0.3, -0.25) is 14.4 Å². The maximum Gasteiger partial charge on any atom is 0.277 e. The van der Waals surface area contributed by atoms with Crippen molar-refractivity contribution in [2.24, 2.45) is 22.9 Å². The summed E-state index contributed by atoms with van der Waals surface area (Å²) in [5, 5.41) is 21.0. The molecule has 0 saturated heterocycles. The van der Waals surface area contributed by atoms with Gasteiger partial charge >= 0.3 is 0 Å². The lowest BCUT2D eigenvalue weighted by Crippen LogP contribution is -2.45. The number of aliphatic hydroxyl groups is 1. The summed E-state index contributed by atoms with van der Waals surface area (Å²) in [5.74, 6) is 0.342. The van der Waals surface area contributed by atoms with Crippen LogP contribution in [0, 0.1) is 17.8 Å². The van der Waals surface area contributed by atoms with E-state index in [4.69, 9.17) is 5.10 Å². The van der Waals surface area contributed by atoms with Gasteiger partial charge in [-0.2, -0.15) is 5.10 Å². The molecule has 1 aromatic carbocycles. The number of ketones is 1. The van der Waals surface area contributed by atoms with E-state index < -0.39 is 0 Å². The highest BCUT2D eigenvalue weighted by Gasteiger charge is 2.47. The quantitative estimate of drug-likeness (QED) is 0.265. The second-order valence-corrected chi connectivity index (χ2v) is 13.9. The molecule has 1 atom stereocenters. The second kappa shape index (κ2) is 13.5. The molecule has 1 unspecified atom stereocenters. The SMILES string of the molecule is CCN(CC)c1ccc(C2=C(O)C(=C3C(=O)N(C(C4CCCCC4)C4CCCC4)N=C3C)C2=O)c(NC(=O)CC2CCCC2)c1. The number of nitrogens with one attached hydrogen (secondary N) is 1. The van der Waals surface area contributed by atoms with E-state index in [0.717, 1.165) is 70.1 Å². The Balaban J connectivity index is 1.32. The van der Waals surface area contributed by atoms with Gasteiger partial charge in [0.2, 0.25) is 11.7 Å². The Kier molecular flexibility index (Phi) is 9.48. The molecule has 5 aliphatic rings. The van der Waals surface area contributed by atoms with Gasteiger partial charge in [0.15, 0.2) is 0 Å². The number of Topliss-reactive ketones (excluding diaryl/α,β-unsaturated/α-hetero) is 1. The zero-order valence-corrected chi connectivity index (χ0v) is 27.4. The van der Waals surface area contributed by atoms with Gasteiger partial charge in [0, 0.05) is 30.8 Å². The fourth-order valence-electron chi connectivity index (χ4n) is 8.78. The molecule has 1 aromatic rings. The van der Waals surface area contributed by atoms with Crippen LogP contribution >= 0.6 is 0 Å². The third kappa shape index (κ3) is 6.09. The van der Waals surface area contributed by atoms with Crippen LogP contribution in [-0.4, -0.2) is 52.6 Å². The Morgan fingerprint density at radius 1 is 0.911 bits per heavy atom. The van der Waals surface area contributed by atoms with Crippen LogP contribution in [0.15, 0.2) is 40.2 Å². The molecule has 8 heteroatoms. The number of aliphatic hydroxyl groups excluding tert-OH is 1. The Morgan fingerprint density at radius 3 is 2.11 bits per heavy atom. The largest absolute Gasteiger partial charge is 0.506 e. The summed E-state index contributed by atoms with van der Waals surface area (Å²) in [6, 6.07) is 5.69. The van der Waals surface area contributed by atoms with Crippen molar-refractivity contribution in [2.45, 2.75) is 117 Å². The maximum absolute atomic E-state index is 14.1. The van der Waals surface area contributed by atoms with E-state index in [0.29, 0.717) is 41.1 Å². The molecular formula is C37H50N4O4. The molecule has 6 rings (SSSR count). The van der Waals surface area contributed by atoms with Crippen molar-refractivity contribution in [2.75, 3.05) is 23.3 Å². The van der Waals surface area contributed by atoms with E-state index in [1.54, 1.807) is 11.9 Å². The highest BCUT2D eigenvalue weighted by atomic mass is 16.3. The minimum Gasteiger partial charge on any atom is -0.506 e. The molecule has 0 spiro atoms. The normalized spacial score (nSPS) is 24.0. The van der Waals surface area contributed by atoms with E-state index in [1.165, 1.54) is 32.1 Å². The molecule has 2 amide bonds. The first-order chi connectivity index (χ1) is 21.8. The first kappa shape index (κ1) is 31.6. The molecule has 242 valence electrons. The first-order valence-corrected chi connectivity index (χ1v) is 17.6. The molecule has 4 aliphatic carbocycles. The maximum atomic E-state index is 14.1. The van der Waals surface area contributed by atoms with Crippen molar-refractivity contribution < 1.29 is 19.5 Å². The van der Waals surface area contributed by atoms with Crippen LogP contribution in [0.3, 0.4) is 0 Å². The van der Waals surface area contributed by atoms with Crippen LogP contribution in [0.25, 0.3) is 5.57 Å². The summed E-state index contributed by atoms with van der Waals surface area (Å²) in [6.07, 6.45) is 15.3. The number of rotatable bonds is 10. The predicted molar refractivity (Wildman–Crippen MR) is 179 cm³/mol. The summed E-state index contributed by atoms with van der Waals surface area (Å²) in [6.45, 7) is 7.53. The van der Waals surface area contributed by atoms with Crippen LogP contribution in [0.5, 0.6) is 0 Å². The number of hydrogen-bond acceptors (Lipinski definition) is 6. The van der Waals surface area contributed by atoms with E-state index in [9.17, 15) is 19.5 Å². The van der Waals surface area contributed by atoms with E-state index in [-0.39, 0.29) is 46.1 Å². The molecule has 45 heavy (non-hydrogen) atoms. The fourth-order valence-corrected chi connectivity index (χ4v) is 8.78. The Bertz CT molecular complexity index is 1420. The van der Waals surface area contributed by atoms with Crippen molar-refractivity contribution in [3.8, 4) is 0 Å². The highest BCUT2D eigenvalue weighted by Crippen LogP contribution is 2.45. The number of nitrogens with zero attached hydrogens (tertiary/aromatic N) is 3. The number of carbonyl (C=O) groups is 3. The second-order valence-electron chi connectivity index (χ2n) is 13.9. The molecule has 2 N–H and O–H groups in total. The van der Waals surface area contributed by atoms with E-state index in [2.05, 4.69) is 24.1 Å². The Hall–Kier alpha value is -3.42. The average Bonchev–Trinajstić information content (AvgIpc) is 3.81. The van der Waals surface area contributed by atoms with Crippen LogP contribution in [0.2, 0.25) is 0 Å². The van der Waals surface area contributed by atoms with Crippen molar-refractivity contribution in [3.05, 3.63) is 40.7 Å². The van der Waals surface area contributed by atoms with Gasteiger partial charge in [-0.05, 0) is 95.2 Å². The molecule has 3 saturated carbocycles. The molecule has 0 bridgehead atoms. The summed E-state index contributed by atoms with van der Waals surface area (Å²) in [7, 11) is 0. The standard InChI is InChI=1S/C37H50N4O4/c1-4-40(5-2)27-19-20-28(29(22-27)38-30(42)21-24-13-9-10-14-24)32-35(43)33(36(32)44)31-23(3)39-41(37(31)45)34(26-17-11-12-18-26)25-15-7-6-8-16-25/h19-20,22,24-26,34,43H,4-18,21H2,1-3H3,(H,38,42). The van der Waals surface area contributed by atoms with Crippen LogP contribution < -0.4 is 10.2 Å². The van der Waals surface area contributed by atoms with Gasteiger partial charge in [-0.15, -0.1) is 0 Å². The highest BCUT2D eigenvalue weighted by molar-refractivity contribution is 6.44. The minimum absolute atomic E-state index is 0.0448. The van der Waals surface area contributed by atoms with Gasteiger partial charge in [-0.1, -0.05) is 44.9 Å². The van der Waals surface area contributed by atoms with Crippen molar-refractivity contribution >= 4 is 40.3 Å². The lowest BCUT2D eigenvalue weighted by Gasteiger charge is -2.38. The lowest BCUT2D eigenvalue weighted by molar-refractivity contribution is -0.131. The average molecular weight is 615 g/mol. The molecule has 1 heterocycles. The topological polar surface area (TPSA) is 102 Å². The monoisotopic (exact) mass is 614 g/mol. The van der Waals surface area contributed by atoms with Crippen LogP contribution in [0.4, 0.5) is 11.4 Å². The summed E-state index contributed by atoms with van der Waals surface area (Å²) >= 11 is 0. The summed E-state index contributed by atoms with van der Waals surface area (Å²) in [5.41, 5.74) is 2.88. The van der Waals surface area contributed by atoms with Gasteiger partial charge in [0.25, 0.3) is 5.91 Å². The molecule has 0 radical (unpaired) electrons.